The van der Waals surface area contributed by atoms with Crippen molar-refractivity contribution in [3.05, 3.63) is 29.8 Å². The summed E-state index contributed by atoms with van der Waals surface area (Å²) < 4.78 is 26.0. The van der Waals surface area contributed by atoms with Crippen molar-refractivity contribution in [1.82, 2.24) is 4.72 Å². The fraction of sp³-hybridized carbons (Fsp3) is 0.250. The molecule has 0 atom stereocenters. The van der Waals surface area contributed by atoms with Crippen molar-refractivity contribution in [2.75, 3.05) is 0 Å². The first kappa shape index (κ1) is 15.9. The van der Waals surface area contributed by atoms with Gasteiger partial charge in [0.2, 0.25) is 5.78 Å². The molecule has 0 heterocycles. The molecule has 1 rings (SSSR count). The monoisotopic (exact) mass is 315 g/mol. The van der Waals surface area contributed by atoms with Gasteiger partial charge in [-0.3, -0.25) is 9.52 Å². The van der Waals surface area contributed by atoms with Crippen LogP contribution < -0.4 is 4.72 Å². The molecule has 4 nitrogen and oxygen atoms in total. The Morgan fingerprint density at radius 2 is 1.74 bits per heavy atom. The summed E-state index contributed by atoms with van der Waals surface area (Å²) in [7, 11) is -3.83. The van der Waals surface area contributed by atoms with E-state index in [0.29, 0.717) is 6.42 Å². The minimum atomic E-state index is -3.83. The lowest BCUT2D eigenvalue weighted by Gasteiger charge is -2.08. The molecule has 0 spiro atoms. The standard InChI is InChI=1S/C12H13NO3S3/c1-3-10(17)11(14)12(18)13-19(15,16)9-6-4-8(2)5-7-9/h4-7H,3H2,1-2H3,(H,13,18). The number of sulfonamides is 1. The lowest BCUT2D eigenvalue weighted by Crippen LogP contribution is -2.37. The van der Waals surface area contributed by atoms with Crippen molar-refractivity contribution in [3.8, 4) is 0 Å². The van der Waals surface area contributed by atoms with Crippen LogP contribution in [0.2, 0.25) is 0 Å². The first-order chi connectivity index (χ1) is 8.77. The molecule has 0 amide bonds. The lowest BCUT2D eigenvalue weighted by molar-refractivity contribution is -0.107. The first-order valence-electron chi connectivity index (χ1n) is 5.49. The molecule has 0 bridgehead atoms. The number of Topliss-reactive ketones (excluding diaryl/α,β-unsaturated/α-hetero) is 1. The normalized spacial score (nSPS) is 10.8. The van der Waals surface area contributed by atoms with Gasteiger partial charge < -0.3 is 0 Å². The molecule has 0 aliphatic carbocycles. The predicted octanol–water partition coefficient (Wildman–Crippen LogP) is 1.95. The summed E-state index contributed by atoms with van der Waals surface area (Å²) in [5.74, 6) is -0.622. The van der Waals surface area contributed by atoms with Crippen LogP contribution in [0.25, 0.3) is 0 Å². The number of ketones is 1. The van der Waals surface area contributed by atoms with Gasteiger partial charge in [-0.15, -0.1) is 0 Å². The van der Waals surface area contributed by atoms with Crippen LogP contribution in [-0.2, 0) is 14.8 Å². The highest BCUT2D eigenvalue weighted by molar-refractivity contribution is 7.93. The van der Waals surface area contributed by atoms with Crippen molar-refractivity contribution < 1.29 is 13.2 Å². The fourth-order valence-corrected chi connectivity index (χ4v) is 2.80. The van der Waals surface area contributed by atoms with Crippen LogP contribution in [0, 0.1) is 6.92 Å². The molecule has 1 aromatic rings. The Kier molecular flexibility index (Phi) is 5.28. The average molecular weight is 315 g/mol. The van der Waals surface area contributed by atoms with Crippen molar-refractivity contribution in [2.24, 2.45) is 0 Å². The summed E-state index contributed by atoms with van der Waals surface area (Å²) >= 11 is 9.57. The minimum absolute atomic E-state index is 0.0515. The Bertz CT molecular complexity index is 618. The van der Waals surface area contributed by atoms with E-state index in [1.54, 1.807) is 19.1 Å². The van der Waals surface area contributed by atoms with Gasteiger partial charge in [0.1, 0.15) is 0 Å². The molecule has 0 unspecified atom stereocenters. The van der Waals surface area contributed by atoms with E-state index in [1.165, 1.54) is 12.1 Å². The van der Waals surface area contributed by atoms with Gasteiger partial charge in [0.25, 0.3) is 10.0 Å². The van der Waals surface area contributed by atoms with E-state index in [0.717, 1.165) is 5.56 Å². The number of hydrogen-bond acceptors (Lipinski definition) is 5. The zero-order valence-electron chi connectivity index (χ0n) is 10.5. The quantitative estimate of drug-likeness (QED) is 0.842. The van der Waals surface area contributed by atoms with E-state index in [1.807, 2.05) is 6.92 Å². The molecule has 0 aliphatic heterocycles. The largest absolute Gasteiger partial charge is 0.285 e. The summed E-state index contributed by atoms with van der Waals surface area (Å²) in [5, 5.41) is 0. The Hall–Kier alpha value is -1.18. The third-order valence-electron chi connectivity index (χ3n) is 2.34. The molecular weight excluding hydrogens is 302 g/mol. The van der Waals surface area contributed by atoms with Gasteiger partial charge in [0, 0.05) is 0 Å². The van der Waals surface area contributed by atoms with Gasteiger partial charge in [-0.1, -0.05) is 49.1 Å². The molecule has 1 aromatic carbocycles. The summed E-state index contributed by atoms with van der Waals surface area (Å²) in [5.41, 5.74) is 0.935. The molecule has 102 valence electrons. The number of rotatable bonds is 5. The highest BCUT2D eigenvalue weighted by Crippen LogP contribution is 2.10. The van der Waals surface area contributed by atoms with Crippen LogP contribution >= 0.6 is 24.4 Å². The lowest BCUT2D eigenvalue weighted by atomic mass is 10.2. The number of benzene rings is 1. The molecule has 0 aliphatic rings. The van der Waals surface area contributed by atoms with E-state index in [-0.39, 0.29) is 9.76 Å². The van der Waals surface area contributed by atoms with Gasteiger partial charge in [-0.25, -0.2) is 8.42 Å². The summed E-state index contributed by atoms with van der Waals surface area (Å²) in [6.07, 6.45) is 0.348. The zero-order chi connectivity index (χ0) is 14.6. The highest BCUT2D eigenvalue weighted by atomic mass is 32.2. The topological polar surface area (TPSA) is 63.2 Å². The van der Waals surface area contributed by atoms with E-state index in [2.05, 4.69) is 4.72 Å². The maximum atomic E-state index is 12.0. The predicted molar refractivity (Wildman–Crippen MR) is 82.0 cm³/mol. The average Bonchev–Trinajstić information content (AvgIpc) is 2.36. The number of carbonyl (C=O) groups is 1. The molecule has 1 N–H and O–H groups in total. The maximum absolute atomic E-state index is 12.0. The van der Waals surface area contributed by atoms with Gasteiger partial charge in [-0.05, 0) is 25.5 Å². The molecular formula is C12H13NO3S3. The second-order valence-corrected chi connectivity index (χ2v) is 6.44. The fourth-order valence-electron chi connectivity index (χ4n) is 1.23. The van der Waals surface area contributed by atoms with Crippen LogP contribution in [-0.4, -0.2) is 24.1 Å². The van der Waals surface area contributed by atoms with E-state index in [4.69, 9.17) is 24.4 Å². The Balaban J connectivity index is 2.92. The first-order valence-corrected chi connectivity index (χ1v) is 7.79. The van der Waals surface area contributed by atoms with E-state index >= 15 is 0 Å². The third-order valence-corrected chi connectivity index (χ3v) is 4.60. The summed E-state index contributed by atoms with van der Waals surface area (Å²) in [4.78, 5) is 11.4. The van der Waals surface area contributed by atoms with Crippen molar-refractivity contribution in [2.45, 2.75) is 25.2 Å². The molecule has 0 saturated carbocycles. The van der Waals surface area contributed by atoms with E-state index in [9.17, 15) is 13.2 Å². The summed E-state index contributed by atoms with van der Waals surface area (Å²) in [6, 6.07) is 6.22. The number of nitrogens with one attached hydrogen (secondary N) is 1. The molecule has 0 fully saturated rings. The van der Waals surface area contributed by atoms with Gasteiger partial charge in [0.15, 0.2) is 4.99 Å². The smallest absolute Gasteiger partial charge is 0.262 e. The second-order valence-electron chi connectivity index (χ2n) is 3.85. The highest BCUT2D eigenvalue weighted by Gasteiger charge is 2.21. The SMILES string of the molecule is CCC(=S)C(=O)C(=S)NS(=O)(=O)c1ccc(C)cc1. The zero-order valence-corrected chi connectivity index (χ0v) is 12.9. The number of aryl methyl sites for hydroxylation is 1. The maximum Gasteiger partial charge on any atom is 0.262 e. The molecule has 0 aromatic heterocycles. The molecule has 0 saturated heterocycles. The van der Waals surface area contributed by atoms with Crippen LogP contribution in [0.15, 0.2) is 29.2 Å². The molecule has 19 heavy (non-hydrogen) atoms. The van der Waals surface area contributed by atoms with Gasteiger partial charge in [0.05, 0.1) is 9.76 Å². The third kappa shape index (κ3) is 4.15. The minimum Gasteiger partial charge on any atom is -0.285 e. The van der Waals surface area contributed by atoms with Crippen molar-refractivity contribution >= 4 is 50.1 Å². The van der Waals surface area contributed by atoms with Crippen LogP contribution in [0.5, 0.6) is 0 Å². The van der Waals surface area contributed by atoms with Crippen molar-refractivity contribution in [3.63, 3.8) is 0 Å². The van der Waals surface area contributed by atoms with E-state index < -0.39 is 20.8 Å². The number of thiocarbonyl (C=S) groups is 2. The Morgan fingerprint density at radius 1 is 1.21 bits per heavy atom. The Morgan fingerprint density at radius 3 is 2.21 bits per heavy atom. The van der Waals surface area contributed by atoms with Gasteiger partial charge >= 0.3 is 0 Å². The van der Waals surface area contributed by atoms with Crippen LogP contribution in [0.3, 0.4) is 0 Å². The molecule has 7 heteroatoms. The summed E-state index contributed by atoms with van der Waals surface area (Å²) in [6.45, 7) is 3.55. The van der Waals surface area contributed by atoms with Crippen LogP contribution in [0.4, 0.5) is 0 Å². The second kappa shape index (κ2) is 6.31. The van der Waals surface area contributed by atoms with Crippen molar-refractivity contribution in [1.29, 1.82) is 0 Å². The number of carbonyl (C=O) groups excluding carboxylic acids is 1. The molecule has 0 radical (unpaired) electrons. The van der Waals surface area contributed by atoms with Gasteiger partial charge in [-0.2, -0.15) is 0 Å². The van der Waals surface area contributed by atoms with Crippen LogP contribution in [0.1, 0.15) is 18.9 Å². The number of hydrogen-bond donors (Lipinski definition) is 1. The Labute approximate surface area is 123 Å².